The van der Waals surface area contributed by atoms with Gasteiger partial charge in [-0.3, -0.25) is 0 Å². The molecular formula is C22H21IO6. The summed E-state index contributed by atoms with van der Waals surface area (Å²) < 4.78 is 22.4. The molecule has 3 aromatic carbocycles. The molecule has 0 heterocycles. The van der Waals surface area contributed by atoms with Crippen molar-refractivity contribution in [3.63, 3.8) is 0 Å². The van der Waals surface area contributed by atoms with E-state index in [-0.39, 0.29) is 12.2 Å². The molecule has 0 amide bonds. The summed E-state index contributed by atoms with van der Waals surface area (Å²) in [6, 6.07) is 12.8. The maximum atomic E-state index is 12.2. The second kappa shape index (κ2) is 8.86. The molecule has 0 spiro atoms. The van der Waals surface area contributed by atoms with Crippen LogP contribution >= 0.6 is 22.6 Å². The van der Waals surface area contributed by atoms with E-state index in [1.54, 1.807) is 39.8 Å². The van der Waals surface area contributed by atoms with Gasteiger partial charge in [0.2, 0.25) is 0 Å². The Morgan fingerprint density at radius 1 is 0.724 bits per heavy atom. The molecule has 0 aliphatic rings. The van der Waals surface area contributed by atoms with Gasteiger partial charge in [-0.05, 0) is 68.5 Å². The third kappa shape index (κ3) is 4.90. The van der Waals surface area contributed by atoms with Crippen LogP contribution in [0.25, 0.3) is 21.5 Å². The molecule has 0 fully saturated rings. The van der Waals surface area contributed by atoms with E-state index in [1.807, 2.05) is 30.3 Å². The molecule has 3 rings (SSSR count). The number of hydrogen-bond acceptors (Lipinski definition) is 6. The van der Waals surface area contributed by atoms with Crippen molar-refractivity contribution in [2.75, 3.05) is 0 Å². The fraction of sp³-hybridized carbons (Fsp3) is 0.273. The van der Waals surface area contributed by atoms with Gasteiger partial charge >= 0.3 is 12.3 Å². The number of benzene rings is 3. The number of ether oxygens (including phenoxy) is 4. The quantitative estimate of drug-likeness (QED) is 0.175. The zero-order valence-corrected chi connectivity index (χ0v) is 18.7. The molecule has 0 bridgehead atoms. The van der Waals surface area contributed by atoms with E-state index < -0.39 is 12.3 Å². The summed E-state index contributed by atoms with van der Waals surface area (Å²) in [6.07, 6.45) is -2.21. The van der Waals surface area contributed by atoms with Crippen LogP contribution in [0, 0.1) is 3.57 Å². The van der Waals surface area contributed by atoms with Crippen molar-refractivity contribution in [2.24, 2.45) is 0 Å². The van der Waals surface area contributed by atoms with Crippen LogP contribution in [0.2, 0.25) is 0 Å². The first-order valence-electron chi connectivity index (χ1n) is 9.17. The summed E-state index contributed by atoms with van der Waals surface area (Å²) in [6.45, 7) is 6.99. The Labute approximate surface area is 182 Å². The van der Waals surface area contributed by atoms with Crippen LogP contribution < -0.4 is 9.47 Å². The van der Waals surface area contributed by atoms with Crippen molar-refractivity contribution in [3.05, 3.63) is 46.0 Å². The summed E-state index contributed by atoms with van der Waals surface area (Å²) in [5.74, 6) is 0.701. The van der Waals surface area contributed by atoms with E-state index in [1.165, 1.54) is 0 Å². The third-order valence-electron chi connectivity index (χ3n) is 3.92. The molecule has 6 nitrogen and oxygen atoms in total. The smallest absolute Gasteiger partial charge is 0.431 e. The minimum atomic E-state index is -0.794. The lowest BCUT2D eigenvalue weighted by Crippen LogP contribution is -2.17. The first-order valence-corrected chi connectivity index (χ1v) is 10.2. The van der Waals surface area contributed by atoms with E-state index in [2.05, 4.69) is 22.6 Å². The molecule has 29 heavy (non-hydrogen) atoms. The highest BCUT2D eigenvalue weighted by molar-refractivity contribution is 14.1. The van der Waals surface area contributed by atoms with Crippen LogP contribution in [-0.4, -0.2) is 24.5 Å². The van der Waals surface area contributed by atoms with Crippen LogP contribution in [0.4, 0.5) is 9.59 Å². The molecule has 152 valence electrons. The Kier molecular flexibility index (Phi) is 6.46. The van der Waals surface area contributed by atoms with Crippen LogP contribution in [0.5, 0.6) is 11.5 Å². The Bertz CT molecular complexity index is 1070. The molecule has 0 atom stereocenters. The van der Waals surface area contributed by atoms with E-state index in [9.17, 15) is 9.59 Å². The highest BCUT2D eigenvalue weighted by Crippen LogP contribution is 2.43. The topological polar surface area (TPSA) is 71.1 Å². The largest absolute Gasteiger partial charge is 0.514 e. The summed E-state index contributed by atoms with van der Waals surface area (Å²) in [4.78, 5) is 24.4. The molecule has 0 radical (unpaired) electrons. The second-order valence-electron chi connectivity index (χ2n) is 6.93. The molecule has 0 N–H and O–H groups in total. The molecule has 0 aliphatic heterocycles. The standard InChI is InChI=1S/C22H21IO6/c1-12(2)26-21(24)28-19-15-7-5-6-8-16(15)20(29-22(25)27-13(3)4)18-11-14(23)9-10-17(18)19/h5-13H,1-4H3. The lowest BCUT2D eigenvalue weighted by atomic mass is 10.0. The van der Waals surface area contributed by atoms with Gasteiger partial charge in [0, 0.05) is 25.1 Å². The predicted octanol–water partition coefficient (Wildman–Crippen LogP) is 6.45. The number of carbonyl (C=O) groups is 2. The SMILES string of the molecule is CC(C)OC(=O)Oc1c2ccccc2c(OC(=O)OC(C)C)c2cc(I)ccc12. The first-order chi connectivity index (χ1) is 13.8. The molecule has 0 aliphatic carbocycles. The van der Waals surface area contributed by atoms with Crippen molar-refractivity contribution < 1.29 is 28.5 Å². The first kappa shape index (κ1) is 21.2. The lowest BCUT2D eigenvalue weighted by molar-refractivity contribution is 0.0719. The number of carbonyl (C=O) groups excluding carboxylic acids is 2. The number of fused-ring (bicyclic) bond motifs is 2. The van der Waals surface area contributed by atoms with Crippen LogP contribution in [0.1, 0.15) is 27.7 Å². The lowest BCUT2D eigenvalue weighted by Gasteiger charge is -2.17. The fourth-order valence-corrected chi connectivity index (χ4v) is 3.38. The van der Waals surface area contributed by atoms with Gasteiger partial charge in [-0.2, -0.15) is 0 Å². The summed E-state index contributed by atoms with van der Waals surface area (Å²) in [7, 11) is 0. The minimum absolute atomic E-state index is 0.311. The molecule has 0 saturated carbocycles. The number of halogens is 1. The van der Waals surface area contributed by atoms with Crippen molar-refractivity contribution in [1.82, 2.24) is 0 Å². The average Bonchev–Trinajstić information content (AvgIpc) is 2.63. The van der Waals surface area contributed by atoms with Crippen LogP contribution in [0.3, 0.4) is 0 Å². The van der Waals surface area contributed by atoms with Gasteiger partial charge < -0.3 is 18.9 Å². The minimum Gasteiger partial charge on any atom is -0.431 e. The number of hydrogen-bond donors (Lipinski definition) is 0. The van der Waals surface area contributed by atoms with Gasteiger partial charge in [-0.15, -0.1) is 0 Å². The Balaban J connectivity index is 2.23. The summed E-state index contributed by atoms with van der Waals surface area (Å²) >= 11 is 2.17. The van der Waals surface area contributed by atoms with Crippen LogP contribution in [0.15, 0.2) is 42.5 Å². The monoisotopic (exact) mass is 508 g/mol. The average molecular weight is 508 g/mol. The van der Waals surface area contributed by atoms with Crippen molar-refractivity contribution in [2.45, 2.75) is 39.9 Å². The van der Waals surface area contributed by atoms with Crippen LogP contribution in [-0.2, 0) is 9.47 Å². The van der Waals surface area contributed by atoms with Crippen molar-refractivity contribution in [1.29, 1.82) is 0 Å². The summed E-state index contributed by atoms with van der Waals surface area (Å²) in [5, 5.41) is 2.49. The molecule has 0 aromatic heterocycles. The summed E-state index contributed by atoms with van der Waals surface area (Å²) in [5.41, 5.74) is 0. The second-order valence-corrected chi connectivity index (χ2v) is 8.18. The number of rotatable bonds is 4. The Morgan fingerprint density at radius 3 is 1.66 bits per heavy atom. The molecule has 3 aromatic rings. The molecule has 7 heteroatoms. The Hall–Kier alpha value is -2.55. The molecular weight excluding hydrogens is 487 g/mol. The third-order valence-corrected chi connectivity index (χ3v) is 4.59. The van der Waals surface area contributed by atoms with Gasteiger partial charge in [-0.25, -0.2) is 9.59 Å². The van der Waals surface area contributed by atoms with E-state index in [0.29, 0.717) is 33.0 Å². The van der Waals surface area contributed by atoms with Crippen molar-refractivity contribution >= 4 is 56.4 Å². The van der Waals surface area contributed by atoms with E-state index >= 15 is 0 Å². The molecule has 0 saturated heterocycles. The fourth-order valence-electron chi connectivity index (χ4n) is 2.89. The van der Waals surface area contributed by atoms with E-state index in [0.717, 1.165) is 3.57 Å². The van der Waals surface area contributed by atoms with Gasteiger partial charge in [-0.1, -0.05) is 24.3 Å². The maximum Gasteiger partial charge on any atom is 0.514 e. The predicted molar refractivity (Wildman–Crippen MR) is 119 cm³/mol. The maximum absolute atomic E-state index is 12.2. The van der Waals surface area contributed by atoms with Gasteiger partial charge in [0.25, 0.3) is 0 Å². The van der Waals surface area contributed by atoms with Gasteiger partial charge in [0.15, 0.2) is 5.75 Å². The van der Waals surface area contributed by atoms with Gasteiger partial charge in [0.1, 0.15) is 5.75 Å². The normalized spacial score (nSPS) is 11.1. The highest BCUT2D eigenvalue weighted by atomic mass is 127. The zero-order chi connectivity index (χ0) is 21.1. The Morgan fingerprint density at radius 2 is 1.17 bits per heavy atom. The zero-order valence-electron chi connectivity index (χ0n) is 16.5. The van der Waals surface area contributed by atoms with Crippen molar-refractivity contribution in [3.8, 4) is 11.5 Å². The highest BCUT2D eigenvalue weighted by Gasteiger charge is 2.22. The molecule has 0 unspecified atom stereocenters. The van der Waals surface area contributed by atoms with Gasteiger partial charge in [0.05, 0.1) is 12.2 Å². The van der Waals surface area contributed by atoms with E-state index in [4.69, 9.17) is 18.9 Å².